The fourth-order valence-corrected chi connectivity index (χ4v) is 2.50. The van der Waals surface area contributed by atoms with Crippen LogP contribution in [-0.4, -0.2) is 41.5 Å². The van der Waals surface area contributed by atoms with Crippen LogP contribution in [0.4, 0.5) is 0 Å². The van der Waals surface area contributed by atoms with Gasteiger partial charge in [-0.05, 0) is 40.5 Å². The van der Waals surface area contributed by atoms with E-state index < -0.39 is 18.3 Å². The van der Waals surface area contributed by atoms with Gasteiger partial charge < -0.3 is 14.0 Å². The Kier molecular flexibility index (Phi) is 3.19. The molecule has 2 aliphatic rings. The zero-order valence-corrected chi connectivity index (χ0v) is 13.1. The van der Waals surface area contributed by atoms with E-state index in [2.05, 4.69) is 9.97 Å². The molecule has 0 amide bonds. The maximum absolute atomic E-state index is 8.20. The molecule has 114 valence electrons. The van der Waals surface area contributed by atoms with Crippen molar-refractivity contribution in [3.8, 4) is 0 Å². The van der Waals surface area contributed by atoms with Crippen LogP contribution in [0.1, 0.15) is 54.9 Å². The average Bonchev–Trinajstić information content (AvgIpc) is 2.70. The van der Waals surface area contributed by atoms with Gasteiger partial charge in [0.05, 0.1) is 25.2 Å². The van der Waals surface area contributed by atoms with Crippen LogP contribution < -0.4 is 5.59 Å². The predicted molar refractivity (Wildman–Crippen MR) is 80.5 cm³/mol. The molecule has 2 fully saturated rings. The number of aromatic nitrogens is 2. The Morgan fingerprint density at radius 2 is 1.71 bits per heavy atom. The van der Waals surface area contributed by atoms with Crippen molar-refractivity contribution in [1.29, 1.82) is 0 Å². The van der Waals surface area contributed by atoms with E-state index in [0.29, 0.717) is 18.9 Å². The second kappa shape index (κ2) is 5.34. The van der Waals surface area contributed by atoms with E-state index in [-0.39, 0.29) is 23.9 Å². The van der Waals surface area contributed by atoms with Gasteiger partial charge in [0.15, 0.2) is 0 Å². The maximum atomic E-state index is 8.20. The summed E-state index contributed by atoms with van der Waals surface area (Å²) in [5.74, 6) is 0.139. The topological polar surface area (TPSA) is 53.5 Å². The van der Waals surface area contributed by atoms with Gasteiger partial charge in [0.1, 0.15) is 0 Å². The Morgan fingerprint density at radius 1 is 1.10 bits per heavy atom. The molecule has 0 N–H and O–H groups in total. The van der Waals surface area contributed by atoms with E-state index >= 15 is 0 Å². The summed E-state index contributed by atoms with van der Waals surface area (Å²) >= 11 is 0. The van der Waals surface area contributed by atoms with Crippen molar-refractivity contribution in [3.63, 3.8) is 0 Å². The number of hydrogen-bond donors (Lipinski definition) is 0. The molecule has 0 spiro atoms. The van der Waals surface area contributed by atoms with Crippen molar-refractivity contribution in [3.05, 3.63) is 18.0 Å². The van der Waals surface area contributed by atoms with Gasteiger partial charge in [0.25, 0.3) is 0 Å². The quantitative estimate of drug-likeness (QED) is 0.776. The lowest BCUT2D eigenvalue weighted by Crippen LogP contribution is -2.41. The first-order valence-corrected chi connectivity index (χ1v) is 7.50. The normalized spacial score (nSPS) is 26.6. The van der Waals surface area contributed by atoms with Crippen LogP contribution >= 0.6 is 0 Å². The summed E-state index contributed by atoms with van der Waals surface area (Å²) in [7, 11) is -0.757. The summed E-state index contributed by atoms with van der Waals surface area (Å²) in [5.41, 5.74) is -0.149. The third kappa shape index (κ3) is 2.85. The molecule has 0 unspecified atom stereocenters. The fourth-order valence-electron chi connectivity index (χ4n) is 2.50. The summed E-state index contributed by atoms with van der Waals surface area (Å²) in [4.78, 5) is 8.62. The van der Waals surface area contributed by atoms with E-state index in [0.717, 1.165) is 12.8 Å². The standard InChI is InChI=1S/C15H23BN2O3/c1-14(2)15(3,4)21-16(20-14)13-10-17-12(9-18-13)11-5-7-19-8-6-11/h9-11H,5-8H2,1-4H3/i9D,10D. The number of rotatable bonds is 2. The molecule has 1 aromatic heterocycles. The molecule has 1 aromatic rings. The van der Waals surface area contributed by atoms with Gasteiger partial charge in [0, 0.05) is 31.5 Å². The SMILES string of the molecule is [2H]c1nc(C2CCOCC2)c([2H])nc1B1OC(C)(C)C(C)(C)O1. The Bertz CT molecular complexity index is 591. The second-order valence-corrected chi connectivity index (χ2v) is 6.69. The van der Waals surface area contributed by atoms with Crippen LogP contribution in [0.15, 0.2) is 12.3 Å². The number of ether oxygens (including phenoxy) is 1. The van der Waals surface area contributed by atoms with Crippen LogP contribution in [0.5, 0.6) is 0 Å². The predicted octanol–water partition coefficient (Wildman–Crippen LogP) is 1.67. The number of hydrogen-bond acceptors (Lipinski definition) is 5. The molecule has 0 aromatic carbocycles. The molecular weight excluding hydrogens is 267 g/mol. The molecule has 0 bridgehead atoms. The smallest absolute Gasteiger partial charge is 0.398 e. The Hall–Kier alpha value is -0.975. The fraction of sp³-hybridized carbons (Fsp3) is 0.733. The molecule has 0 radical (unpaired) electrons. The van der Waals surface area contributed by atoms with Crippen LogP contribution in [0, 0.1) is 0 Å². The van der Waals surface area contributed by atoms with Gasteiger partial charge in [-0.3, -0.25) is 9.97 Å². The summed E-state index contributed by atoms with van der Waals surface area (Å²) in [6.45, 7) is 9.12. The molecule has 2 saturated heterocycles. The Balaban J connectivity index is 1.89. The highest BCUT2D eigenvalue weighted by molar-refractivity contribution is 6.61. The largest absolute Gasteiger partial charge is 0.516 e. The summed E-state index contributed by atoms with van der Waals surface area (Å²) < 4.78 is 33.6. The molecule has 0 aliphatic carbocycles. The molecule has 0 saturated carbocycles. The molecule has 6 heteroatoms. The van der Waals surface area contributed by atoms with E-state index in [1.54, 1.807) is 0 Å². The Labute approximate surface area is 129 Å². The monoisotopic (exact) mass is 292 g/mol. The van der Waals surface area contributed by atoms with Crippen molar-refractivity contribution in [2.45, 2.75) is 57.7 Å². The van der Waals surface area contributed by atoms with Crippen LogP contribution in [0.2, 0.25) is 0 Å². The molecule has 0 atom stereocenters. The van der Waals surface area contributed by atoms with Gasteiger partial charge in [-0.1, -0.05) is 0 Å². The molecule has 2 aliphatic heterocycles. The van der Waals surface area contributed by atoms with Gasteiger partial charge >= 0.3 is 7.12 Å². The van der Waals surface area contributed by atoms with Crippen molar-refractivity contribution in [2.24, 2.45) is 0 Å². The van der Waals surface area contributed by atoms with E-state index in [4.69, 9.17) is 16.8 Å². The lowest BCUT2D eigenvalue weighted by Gasteiger charge is -2.32. The number of nitrogens with zero attached hydrogens (tertiary/aromatic N) is 2. The third-order valence-electron chi connectivity index (χ3n) is 4.67. The van der Waals surface area contributed by atoms with Crippen molar-refractivity contribution in [1.82, 2.24) is 9.97 Å². The van der Waals surface area contributed by atoms with Gasteiger partial charge in [-0.25, -0.2) is 0 Å². The van der Waals surface area contributed by atoms with E-state index in [1.165, 1.54) is 0 Å². The van der Waals surface area contributed by atoms with Crippen LogP contribution in [0.25, 0.3) is 0 Å². The lowest BCUT2D eigenvalue weighted by molar-refractivity contribution is 0.00578. The van der Waals surface area contributed by atoms with Crippen molar-refractivity contribution >= 4 is 12.7 Å². The van der Waals surface area contributed by atoms with Crippen molar-refractivity contribution in [2.75, 3.05) is 13.2 Å². The molecule has 3 heterocycles. The molecule has 3 rings (SSSR count). The molecular formula is C15H23BN2O3. The zero-order chi connectivity index (χ0) is 16.8. The summed E-state index contributed by atoms with van der Waals surface area (Å²) in [5, 5.41) is 0. The highest BCUT2D eigenvalue weighted by Gasteiger charge is 2.52. The third-order valence-corrected chi connectivity index (χ3v) is 4.67. The summed E-state index contributed by atoms with van der Waals surface area (Å²) in [6.07, 6.45) is 1.77. The van der Waals surface area contributed by atoms with Crippen LogP contribution in [-0.2, 0) is 14.0 Å². The highest BCUT2D eigenvalue weighted by Crippen LogP contribution is 2.36. The summed E-state index contributed by atoms with van der Waals surface area (Å²) in [6, 6.07) is 0. The first kappa shape index (κ1) is 12.6. The molecule has 5 nitrogen and oxygen atoms in total. The van der Waals surface area contributed by atoms with E-state index in [1.807, 2.05) is 27.7 Å². The maximum Gasteiger partial charge on any atom is 0.516 e. The first-order chi connectivity index (χ1) is 10.7. The highest BCUT2D eigenvalue weighted by atomic mass is 16.7. The van der Waals surface area contributed by atoms with Crippen LogP contribution in [0.3, 0.4) is 0 Å². The Morgan fingerprint density at radius 3 is 2.33 bits per heavy atom. The minimum atomic E-state index is -0.757. The zero-order valence-electron chi connectivity index (χ0n) is 15.1. The minimum Gasteiger partial charge on any atom is -0.398 e. The minimum absolute atomic E-state index is 0.0287. The van der Waals surface area contributed by atoms with Gasteiger partial charge in [-0.15, -0.1) is 0 Å². The van der Waals surface area contributed by atoms with Gasteiger partial charge in [0.2, 0.25) is 0 Å². The van der Waals surface area contributed by atoms with Crippen molar-refractivity contribution < 1.29 is 16.8 Å². The first-order valence-electron chi connectivity index (χ1n) is 8.50. The second-order valence-electron chi connectivity index (χ2n) is 6.69. The lowest BCUT2D eigenvalue weighted by atomic mass is 9.85. The van der Waals surface area contributed by atoms with E-state index in [9.17, 15) is 0 Å². The molecule has 21 heavy (non-hydrogen) atoms. The average molecular weight is 292 g/mol. The van der Waals surface area contributed by atoms with Gasteiger partial charge in [-0.2, -0.15) is 0 Å².